The molecule has 1 atom stereocenters. The summed E-state index contributed by atoms with van der Waals surface area (Å²) in [6.07, 6.45) is 0.299. The van der Waals surface area contributed by atoms with Crippen molar-refractivity contribution in [1.29, 1.82) is 0 Å². The van der Waals surface area contributed by atoms with Crippen LogP contribution in [0.15, 0.2) is 0 Å². The fourth-order valence-electron chi connectivity index (χ4n) is 0.426. The zero-order valence-electron chi connectivity index (χ0n) is 5.64. The van der Waals surface area contributed by atoms with Gasteiger partial charge in [0.25, 0.3) is 0 Å². The van der Waals surface area contributed by atoms with Gasteiger partial charge in [0.15, 0.2) is 0 Å². The first kappa shape index (κ1) is 8.39. The zero-order chi connectivity index (χ0) is 7.28. The van der Waals surface area contributed by atoms with Gasteiger partial charge < -0.3 is 5.32 Å². The van der Waals surface area contributed by atoms with Crippen LogP contribution in [0.5, 0.6) is 0 Å². The van der Waals surface area contributed by atoms with E-state index >= 15 is 0 Å². The molecule has 0 aliphatic heterocycles. The summed E-state index contributed by atoms with van der Waals surface area (Å²) in [6.45, 7) is 1.86. The van der Waals surface area contributed by atoms with Crippen LogP contribution in [-0.2, 0) is 4.79 Å². The number of nitrogens with one attached hydrogen (secondary N) is 2. The van der Waals surface area contributed by atoms with Crippen molar-refractivity contribution < 1.29 is 10.0 Å². The fraction of sp³-hybridized carbons (Fsp3) is 0.800. The van der Waals surface area contributed by atoms with Gasteiger partial charge in [-0.1, -0.05) is 0 Å². The van der Waals surface area contributed by atoms with Gasteiger partial charge in [-0.15, -0.1) is 0 Å². The van der Waals surface area contributed by atoms with Gasteiger partial charge in [0, 0.05) is 12.5 Å². The number of carbonyl (C=O) groups excluding carboxylic acids is 1. The highest BCUT2D eigenvalue weighted by atomic mass is 16.5. The van der Waals surface area contributed by atoms with Crippen LogP contribution in [0.4, 0.5) is 0 Å². The quantitative estimate of drug-likeness (QED) is 0.358. The first-order chi connectivity index (χ1) is 4.20. The summed E-state index contributed by atoms with van der Waals surface area (Å²) in [5.74, 6) is -0.364. The summed E-state index contributed by atoms with van der Waals surface area (Å²) in [4.78, 5) is 10.4. The first-order valence-corrected chi connectivity index (χ1v) is 2.81. The minimum Gasteiger partial charge on any atom is -0.317 e. The fourth-order valence-corrected chi connectivity index (χ4v) is 0.426. The average Bonchev–Trinajstić information content (AvgIpc) is 1.87. The van der Waals surface area contributed by atoms with Crippen molar-refractivity contribution in [2.24, 2.45) is 0 Å². The first-order valence-electron chi connectivity index (χ1n) is 2.81. The molecule has 9 heavy (non-hydrogen) atoms. The summed E-state index contributed by atoms with van der Waals surface area (Å²) in [5, 5.41) is 10.9. The van der Waals surface area contributed by atoms with Crippen LogP contribution in [0.3, 0.4) is 0 Å². The third-order valence-corrected chi connectivity index (χ3v) is 1.11. The van der Waals surface area contributed by atoms with E-state index in [-0.39, 0.29) is 11.9 Å². The molecule has 0 aromatic heterocycles. The SMILES string of the molecule is CNC(C)CC(=O)NO. The zero-order valence-corrected chi connectivity index (χ0v) is 5.64. The van der Waals surface area contributed by atoms with E-state index in [4.69, 9.17) is 5.21 Å². The minimum absolute atomic E-state index is 0.108. The van der Waals surface area contributed by atoms with Crippen molar-refractivity contribution in [2.45, 2.75) is 19.4 Å². The lowest BCUT2D eigenvalue weighted by Crippen LogP contribution is -2.29. The predicted octanol–water partition coefficient (Wildman–Crippen LogP) is -0.510. The third-order valence-electron chi connectivity index (χ3n) is 1.11. The van der Waals surface area contributed by atoms with Crippen LogP contribution in [0.1, 0.15) is 13.3 Å². The summed E-state index contributed by atoms with van der Waals surface area (Å²) >= 11 is 0. The molecule has 0 aliphatic carbocycles. The molecule has 4 heteroatoms. The Kier molecular flexibility index (Phi) is 4.00. The number of hydrogen-bond acceptors (Lipinski definition) is 3. The van der Waals surface area contributed by atoms with Gasteiger partial charge >= 0.3 is 0 Å². The van der Waals surface area contributed by atoms with Gasteiger partial charge in [0.2, 0.25) is 5.91 Å². The number of hydroxylamine groups is 1. The summed E-state index contributed by atoms with van der Waals surface area (Å²) in [5.41, 5.74) is 1.55. The lowest BCUT2D eigenvalue weighted by Gasteiger charge is -2.06. The van der Waals surface area contributed by atoms with Gasteiger partial charge in [0.1, 0.15) is 0 Å². The molecule has 0 bridgehead atoms. The molecule has 4 nitrogen and oxygen atoms in total. The van der Waals surface area contributed by atoms with E-state index in [1.165, 1.54) is 0 Å². The largest absolute Gasteiger partial charge is 0.317 e. The second-order valence-electron chi connectivity index (χ2n) is 1.93. The molecule has 0 radical (unpaired) electrons. The Morgan fingerprint density at radius 3 is 2.67 bits per heavy atom. The number of hydrogen-bond donors (Lipinski definition) is 3. The molecule has 0 aromatic carbocycles. The molecule has 0 aromatic rings. The number of carbonyl (C=O) groups is 1. The number of rotatable bonds is 3. The van der Waals surface area contributed by atoms with E-state index in [2.05, 4.69) is 5.32 Å². The lowest BCUT2D eigenvalue weighted by atomic mass is 10.2. The smallest absolute Gasteiger partial charge is 0.244 e. The maximum absolute atomic E-state index is 10.4. The van der Waals surface area contributed by atoms with E-state index in [1.54, 1.807) is 12.5 Å². The van der Waals surface area contributed by atoms with Gasteiger partial charge in [-0.25, -0.2) is 5.48 Å². The van der Waals surface area contributed by atoms with Gasteiger partial charge in [-0.2, -0.15) is 0 Å². The number of amides is 1. The molecule has 0 heterocycles. The summed E-state index contributed by atoms with van der Waals surface area (Å²) in [7, 11) is 1.76. The van der Waals surface area contributed by atoms with Crippen LogP contribution in [0.25, 0.3) is 0 Å². The summed E-state index contributed by atoms with van der Waals surface area (Å²) in [6, 6.07) is 0.108. The average molecular weight is 132 g/mol. The van der Waals surface area contributed by atoms with Crippen LogP contribution in [0, 0.1) is 0 Å². The minimum atomic E-state index is -0.364. The van der Waals surface area contributed by atoms with Gasteiger partial charge in [-0.3, -0.25) is 10.0 Å². The molecular weight excluding hydrogens is 120 g/mol. The van der Waals surface area contributed by atoms with E-state index in [1.807, 2.05) is 6.92 Å². The Bertz CT molecular complexity index is 95.0. The molecule has 0 saturated heterocycles. The van der Waals surface area contributed by atoms with Crippen molar-refractivity contribution >= 4 is 5.91 Å². The Balaban J connectivity index is 3.34. The highest BCUT2D eigenvalue weighted by Gasteiger charge is 2.03. The topological polar surface area (TPSA) is 61.4 Å². The normalized spacial score (nSPS) is 12.8. The molecule has 3 N–H and O–H groups in total. The summed E-state index contributed by atoms with van der Waals surface area (Å²) < 4.78 is 0. The second-order valence-corrected chi connectivity index (χ2v) is 1.93. The van der Waals surface area contributed by atoms with Crippen LogP contribution < -0.4 is 10.8 Å². The monoisotopic (exact) mass is 132 g/mol. The predicted molar refractivity (Wildman–Crippen MR) is 33.1 cm³/mol. The van der Waals surface area contributed by atoms with E-state index in [0.29, 0.717) is 6.42 Å². The Morgan fingerprint density at radius 2 is 2.33 bits per heavy atom. The van der Waals surface area contributed by atoms with Gasteiger partial charge in [0.05, 0.1) is 0 Å². The molecule has 1 amide bonds. The van der Waals surface area contributed by atoms with Crippen molar-refractivity contribution in [1.82, 2.24) is 10.8 Å². The van der Waals surface area contributed by atoms with Crippen molar-refractivity contribution in [2.75, 3.05) is 7.05 Å². The molecule has 0 saturated carbocycles. The van der Waals surface area contributed by atoms with Crippen molar-refractivity contribution in [3.05, 3.63) is 0 Å². The second kappa shape index (κ2) is 4.29. The Morgan fingerprint density at radius 1 is 1.78 bits per heavy atom. The van der Waals surface area contributed by atoms with Gasteiger partial charge in [-0.05, 0) is 14.0 Å². The van der Waals surface area contributed by atoms with E-state index < -0.39 is 0 Å². The maximum atomic E-state index is 10.4. The van der Waals surface area contributed by atoms with E-state index in [9.17, 15) is 4.79 Å². The molecule has 0 fully saturated rings. The van der Waals surface area contributed by atoms with Crippen LogP contribution >= 0.6 is 0 Å². The van der Waals surface area contributed by atoms with Crippen molar-refractivity contribution in [3.8, 4) is 0 Å². The Hall–Kier alpha value is -0.610. The van der Waals surface area contributed by atoms with Crippen LogP contribution in [-0.4, -0.2) is 24.2 Å². The van der Waals surface area contributed by atoms with Crippen LogP contribution in [0.2, 0.25) is 0 Å². The molecule has 0 rings (SSSR count). The van der Waals surface area contributed by atoms with E-state index in [0.717, 1.165) is 0 Å². The highest BCUT2D eigenvalue weighted by Crippen LogP contribution is 1.86. The molecular formula is C5H12N2O2. The maximum Gasteiger partial charge on any atom is 0.244 e. The standard InChI is InChI=1S/C5H12N2O2/c1-4(6-2)3-5(8)7-9/h4,6,9H,3H2,1-2H3,(H,7,8). The molecule has 1 unspecified atom stereocenters. The lowest BCUT2D eigenvalue weighted by molar-refractivity contribution is -0.129. The Labute approximate surface area is 54.2 Å². The highest BCUT2D eigenvalue weighted by molar-refractivity contribution is 5.75. The van der Waals surface area contributed by atoms with Crippen molar-refractivity contribution in [3.63, 3.8) is 0 Å². The third kappa shape index (κ3) is 3.93. The molecule has 0 spiro atoms. The molecule has 54 valence electrons. The molecule has 0 aliphatic rings.